The standard InChI is InChI=1S/C7H8N2O3S/c1-2-12-7(11)6-9-3-4(13-6)5(8)10/h3H,2H2,1H3,(H2,8,10). The summed E-state index contributed by atoms with van der Waals surface area (Å²) in [6.45, 7) is 1.98. The molecule has 1 aromatic heterocycles. The molecular weight excluding hydrogens is 192 g/mol. The van der Waals surface area contributed by atoms with Crippen molar-refractivity contribution in [3.05, 3.63) is 16.1 Å². The van der Waals surface area contributed by atoms with E-state index >= 15 is 0 Å². The Balaban J connectivity index is 2.79. The van der Waals surface area contributed by atoms with Crippen LogP contribution in [0.4, 0.5) is 0 Å². The third-order valence-electron chi connectivity index (χ3n) is 1.20. The zero-order valence-electron chi connectivity index (χ0n) is 6.94. The molecule has 6 heteroatoms. The van der Waals surface area contributed by atoms with Crippen molar-refractivity contribution in [2.75, 3.05) is 6.61 Å². The van der Waals surface area contributed by atoms with Gasteiger partial charge in [0, 0.05) is 0 Å². The molecule has 0 unspecified atom stereocenters. The molecule has 0 spiro atoms. The number of amides is 1. The van der Waals surface area contributed by atoms with Crippen LogP contribution in [0.15, 0.2) is 6.20 Å². The van der Waals surface area contributed by atoms with Crippen molar-refractivity contribution in [3.8, 4) is 0 Å². The first kappa shape index (κ1) is 9.66. The van der Waals surface area contributed by atoms with Crippen LogP contribution < -0.4 is 5.73 Å². The van der Waals surface area contributed by atoms with Gasteiger partial charge in [-0.05, 0) is 6.92 Å². The maximum absolute atomic E-state index is 11.1. The Morgan fingerprint density at radius 2 is 2.38 bits per heavy atom. The molecule has 0 atom stereocenters. The summed E-state index contributed by atoms with van der Waals surface area (Å²) in [6, 6.07) is 0. The van der Waals surface area contributed by atoms with E-state index in [1.807, 2.05) is 0 Å². The van der Waals surface area contributed by atoms with Crippen LogP contribution in [0.1, 0.15) is 26.4 Å². The molecular formula is C7H8N2O3S. The fourth-order valence-electron chi connectivity index (χ4n) is 0.675. The molecule has 5 nitrogen and oxygen atoms in total. The number of hydrogen-bond acceptors (Lipinski definition) is 5. The Morgan fingerprint density at radius 1 is 1.69 bits per heavy atom. The molecule has 0 radical (unpaired) electrons. The minimum absolute atomic E-state index is 0.149. The van der Waals surface area contributed by atoms with Gasteiger partial charge in [0.15, 0.2) is 0 Å². The van der Waals surface area contributed by atoms with E-state index in [4.69, 9.17) is 5.73 Å². The first-order valence-corrected chi connectivity index (χ1v) is 4.39. The van der Waals surface area contributed by atoms with Gasteiger partial charge in [0.25, 0.3) is 5.91 Å². The fourth-order valence-corrected chi connectivity index (χ4v) is 1.34. The number of nitrogens with two attached hydrogens (primary N) is 1. The molecule has 0 fully saturated rings. The highest BCUT2D eigenvalue weighted by molar-refractivity contribution is 7.15. The zero-order valence-corrected chi connectivity index (χ0v) is 7.76. The molecule has 0 saturated carbocycles. The van der Waals surface area contributed by atoms with E-state index in [1.165, 1.54) is 6.20 Å². The van der Waals surface area contributed by atoms with Crippen LogP contribution in [0.5, 0.6) is 0 Å². The van der Waals surface area contributed by atoms with Gasteiger partial charge >= 0.3 is 5.97 Å². The van der Waals surface area contributed by atoms with Gasteiger partial charge in [-0.25, -0.2) is 9.78 Å². The van der Waals surface area contributed by atoms with Crippen molar-refractivity contribution in [1.29, 1.82) is 0 Å². The molecule has 1 rings (SSSR count). The molecule has 70 valence electrons. The largest absolute Gasteiger partial charge is 0.461 e. The summed E-state index contributed by atoms with van der Waals surface area (Å²) in [5.41, 5.74) is 4.98. The van der Waals surface area contributed by atoms with Crippen LogP contribution in [-0.2, 0) is 4.74 Å². The molecule has 1 aromatic rings. The lowest BCUT2D eigenvalue weighted by molar-refractivity contribution is 0.0526. The number of nitrogens with zero attached hydrogens (tertiary/aromatic N) is 1. The smallest absolute Gasteiger partial charge is 0.367 e. The number of rotatable bonds is 3. The summed E-state index contributed by atoms with van der Waals surface area (Å²) in [5.74, 6) is -1.12. The Bertz CT molecular complexity index is 334. The number of primary amides is 1. The Morgan fingerprint density at radius 3 is 2.85 bits per heavy atom. The topological polar surface area (TPSA) is 82.3 Å². The summed E-state index contributed by atoms with van der Waals surface area (Å²) < 4.78 is 4.68. The molecule has 0 saturated heterocycles. The number of carbonyl (C=O) groups excluding carboxylic acids is 2. The first-order chi connectivity index (χ1) is 6.15. The lowest BCUT2D eigenvalue weighted by Crippen LogP contribution is -2.08. The number of hydrogen-bond donors (Lipinski definition) is 1. The summed E-state index contributed by atoms with van der Waals surface area (Å²) in [6.07, 6.45) is 1.26. The van der Waals surface area contributed by atoms with Crippen LogP contribution in [0.2, 0.25) is 0 Å². The SMILES string of the molecule is CCOC(=O)c1ncc(C(N)=O)s1. The Kier molecular flexibility index (Phi) is 2.97. The predicted octanol–water partition coefficient (Wildman–Crippen LogP) is 0.419. The van der Waals surface area contributed by atoms with E-state index in [1.54, 1.807) is 6.92 Å². The quantitative estimate of drug-likeness (QED) is 0.717. The Labute approximate surface area is 78.5 Å². The van der Waals surface area contributed by atoms with Crippen LogP contribution >= 0.6 is 11.3 Å². The average Bonchev–Trinajstić information content (AvgIpc) is 2.52. The number of thiazole rings is 1. The van der Waals surface area contributed by atoms with Crippen molar-refractivity contribution < 1.29 is 14.3 Å². The van der Waals surface area contributed by atoms with Gasteiger partial charge in [-0.1, -0.05) is 0 Å². The maximum atomic E-state index is 11.1. The number of esters is 1. The first-order valence-electron chi connectivity index (χ1n) is 3.58. The molecule has 0 aliphatic rings. The lowest BCUT2D eigenvalue weighted by Gasteiger charge is -1.94. The number of aromatic nitrogens is 1. The molecule has 0 bridgehead atoms. The monoisotopic (exact) mass is 200 g/mol. The van der Waals surface area contributed by atoms with Gasteiger partial charge in [-0.2, -0.15) is 0 Å². The van der Waals surface area contributed by atoms with E-state index in [0.29, 0.717) is 0 Å². The minimum Gasteiger partial charge on any atom is -0.461 e. The second kappa shape index (κ2) is 3.99. The summed E-state index contributed by atoms with van der Waals surface area (Å²) >= 11 is 0.929. The van der Waals surface area contributed by atoms with E-state index in [9.17, 15) is 9.59 Å². The fraction of sp³-hybridized carbons (Fsp3) is 0.286. The highest BCUT2D eigenvalue weighted by atomic mass is 32.1. The van der Waals surface area contributed by atoms with Crippen LogP contribution in [-0.4, -0.2) is 23.5 Å². The number of carbonyl (C=O) groups is 2. The van der Waals surface area contributed by atoms with Gasteiger partial charge in [-0.3, -0.25) is 4.79 Å². The van der Waals surface area contributed by atoms with Crippen molar-refractivity contribution in [2.24, 2.45) is 5.73 Å². The van der Waals surface area contributed by atoms with Crippen molar-refractivity contribution in [2.45, 2.75) is 6.92 Å². The van der Waals surface area contributed by atoms with E-state index in [2.05, 4.69) is 9.72 Å². The van der Waals surface area contributed by atoms with Crippen LogP contribution in [0, 0.1) is 0 Å². The van der Waals surface area contributed by atoms with Crippen molar-refractivity contribution in [1.82, 2.24) is 4.98 Å². The second-order valence-corrected chi connectivity index (χ2v) is 3.15. The highest BCUT2D eigenvalue weighted by Crippen LogP contribution is 2.12. The zero-order chi connectivity index (χ0) is 9.84. The highest BCUT2D eigenvalue weighted by Gasteiger charge is 2.13. The van der Waals surface area contributed by atoms with E-state index in [0.717, 1.165) is 11.3 Å². The van der Waals surface area contributed by atoms with Crippen LogP contribution in [0.3, 0.4) is 0 Å². The van der Waals surface area contributed by atoms with Gasteiger partial charge in [0.05, 0.1) is 12.8 Å². The summed E-state index contributed by atoms with van der Waals surface area (Å²) in [7, 11) is 0. The maximum Gasteiger partial charge on any atom is 0.367 e. The second-order valence-electron chi connectivity index (χ2n) is 2.11. The summed E-state index contributed by atoms with van der Waals surface area (Å²) in [5, 5.41) is 0.149. The molecule has 1 amide bonds. The van der Waals surface area contributed by atoms with Gasteiger partial charge in [0.1, 0.15) is 4.88 Å². The third-order valence-corrected chi connectivity index (χ3v) is 2.19. The molecule has 0 aliphatic heterocycles. The van der Waals surface area contributed by atoms with Gasteiger partial charge in [0.2, 0.25) is 5.01 Å². The van der Waals surface area contributed by atoms with Gasteiger partial charge in [-0.15, -0.1) is 11.3 Å². The Hall–Kier alpha value is -1.43. The van der Waals surface area contributed by atoms with Crippen LogP contribution in [0.25, 0.3) is 0 Å². The lowest BCUT2D eigenvalue weighted by atomic mass is 10.5. The third kappa shape index (κ3) is 2.25. The van der Waals surface area contributed by atoms with E-state index in [-0.39, 0.29) is 16.5 Å². The van der Waals surface area contributed by atoms with E-state index < -0.39 is 11.9 Å². The molecule has 13 heavy (non-hydrogen) atoms. The van der Waals surface area contributed by atoms with Gasteiger partial charge < -0.3 is 10.5 Å². The normalized spacial score (nSPS) is 9.62. The predicted molar refractivity (Wildman–Crippen MR) is 46.6 cm³/mol. The molecule has 0 aromatic carbocycles. The molecule has 0 aliphatic carbocycles. The number of ether oxygens (including phenoxy) is 1. The average molecular weight is 200 g/mol. The van der Waals surface area contributed by atoms with Crippen molar-refractivity contribution >= 4 is 23.2 Å². The molecule has 1 heterocycles. The minimum atomic E-state index is -0.590. The molecule has 2 N–H and O–H groups in total. The summed E-state index contributed by atoms with van der Waals surface area (Å²) in [4.78, 5) is 25.6. The van der Waals surface area contributed by atoms with Crippen molar-refractivity contribution in [3.63, 3.8) is 0 Å².